The van der Waals surface area contributed by atoms with E-state index < -0.39 is 10.8 Å². The summed E-state index contributed by atoms with van der Waals surface area (Å²) in [7, 11) is 0. The summed E-state index contributed by atoms with van der Waals surface area (Å²) in [6, 6.07) is 83.9. The van der Waals surface area contributed by atoms with Crippen molar-refractivity contribution in [3.63, 3.8) is 0 Å². The standard InChI is InChI=1S/C58H43N/c1-40-29-33-44(34-30-40)57(42-17-6-3-7-18-42)52-26-14-12-23-48(52)50-38-37-47(39-54(50)57)59(46-21-10-5-11-22-46)55-28-16-25-51-49-24-13-15-27-53(49)58(56(51)55,43-19-8-4-9-20-43)45-35-31-41(2)32-36-45/h3-39H,1-2H3. The van der Waals surface area contributed by atoms with Crippen molar-refractivity contribution < 1.29 is 0 Å². The number of benzene rings is 9. The molecule has 0 saturated carbocycles. The summed E-state index contributed by atoms with van der Waals surface area (Å²) in [5.74, 6) is 0. The molecule has 0 radical (unpaired) electrons. The maximum absolute atomic E-state index is 2.52. The molecule has 9 aromatic carbocycles. The summed E-state index contributed by atoms with van der Waals surface area (Å²) >= 11 is 0. The van der Waals surface area contributed by atoms with Gasteiger partial charge in [-0.3, -0.25) is 0 Å². The Morgan fingerprint density at radius 2 is 0.746 bits per heavy atom. The molecule has 0 N–H and O–H groups in total. The molecular formula is C58H43N. The van der Waals surface area contributed by atoms with Crippen molar-refractivity contribution in [3.05, 3.63) is 280 Å². The van der Waals surface area contributed by atoms with Crippen LogP contribution >= 0.6 is 0 Å². The zero-order chi connectivity index (χ0) is 39.6. The molecule has 2 aliphatic rings. The Hall–Kier alpha value is -7.22. The van der Waals surface area contributed by atoms with Gasteiger partial charge in [-0.2, -0.15) is 0 Å². The van der Waals surface area contributed by atoms with Crippen LogP contribution in [0.15, 0.2) is 224 Å². The van der Waals surface area contributed by atoms with Crippen molar-refractivity contribution in [2.24, 2.45) is 0 Å². The fourth-order valence-electron chi connectivity index (χ4n) is 10.5. The number of hydrogen-bond acceptors (Lipinski definition) is 1. The van der Waals surface area contributed by atoms with Gasteiger partial charge in [0.1, 0.15) is 0 Å². The normalized spacial score (nSPS) is 17.1. The second kappa shape index (κ2) is 13.7. The summed E-state index contributed by atoms with van der Waals surface area (Å²) < 4.78 is 0. The van der Waals surface area contributed by atoms with Crippen LogP contribution in [0.1, 0.15) is 55.6 Å². The fraction of sp³-hybridized carbons (Fsp3) is 0.0690. The van der Waals surface area contributed by atoms with Gasteiger partial charge in [-0.15, -0.1) is 0 Å². The molecule has 0 fully saturated rings. The molecule has 1 nitrogen and oxygen atoms in total. The Bertz CT molecular complexity index is 2990. The minimum Gasteiger partial charge on any atom is -0.310 e. The van der Waals surface area contributed by atoms with E-state index in [4.69, 9.17) is 0 Å². The molecule has 2 atom stereocenters. The first-order valence-corrected chi connectivity index (χ1v) is 20.7. The third-order valence-corrected chi connectivity index (χ3v) is 13.0. The minimum atomic E-state index is -0.576. The predicted molar refractivity (Wildman–Crippen MR) is 245 cm³/mol. The quantitative estimate of drug-likeness (QED) is 0.157. The number of hydrogen-bond donors (Lipinski definition) is 0. The van der Waals surface area contributed by atoms with E-state index in [0.29, 0.717) is 0 Å². The summed E-state index contributed by atoms with van der Waals surface area (Å²) in [4.78, 5) is 2.52. The van der Waals surface area contributed by atoms with Crippen molar-refractivity contribution in [1.29, 1.82) is 0 Å². The van der Waals surface area contributed by atoms with Gasteiger partial charge in [0.2, 0.25) is 0 Å². The maximum atomic E-state index is 2.52. The Morgan fingerprint density at radius 1 is 0.305 bits per heavy atom. The maximum Gasteiger partial charge on any atom is 0.0734 e. The van der Waals surface area contributed by atoms with Gasteiger partial charge in [0.25, 0.3) is 0 Å². The number of nitrogens with zero attached hydrogens (tertiary/aromatic N) is 1. The van der Waals surface area contributed by atoms with E-state index >= 15 is 0 Å². The first-order chi connectivity index (χ1) is 29.1. The van der Waals surface area contributed by atoms with Gasteiger partial charge >= 0.3 is 0 Å². The fourth-order valence-corrected chi connectivity index (χ4v) is 10.5. The average Bonchev–Trinajstić information content (AvgIpc) is 3.77. The number of para-hydroxylation sites is 1. The number of aryl methyl sites for hydroxylation is 2. The highest BCUT2D eigenvalue weighted by molar-refractivity contribution is 5.95. The topological polar surface area (TPSA) is 3.24 Å². The summed E-state index contributed by atoms with van der Waals surface area (Å²) in [5.41, 5.74) is 20.1. The van der Waals surface area contributed by atoms with Crippen LogP contribution < -0.4 is 4.90 Å². The number of fused-ring (bicyclic) bond motifs is 6. The van der Waals surface area contributed by atoms with Crippen molar-refractivity contribution in [3.8, 4) is 22.3 Å². The van der Waals surface area contributed by atoms with Crippen molar-refractivity contribution >= 4 is 17.1 Å². The number of rotatable bonds is 7. The predicted octanol–water partition coefficient (Wildman–Crippen LogP) is 14.5. The summed E-state index contributed by atoms with van der Waals surface area (Å²) in [5, 5.41) is 0. The second-order valence-electron chi connectivity index (χ2n) is 16.2. The lowest BCUT2D eigenvalue weighted by atomic mass is 9.67. The van der Waals surface area contributed by atoms with Gasteiger partial charge in [0.15, 0.2) is 0 Å². The van der Waals surface area contributed by atoms with Gasteiger partial charge in [0, 0.05) is 16.9 Å². The molecule has 0 amide bonds. The Labute approximate surface area is 347 Å². The molecule has 0 aromatic heterocycles. The molecule has 0 bridgehead atoms. The van der Waals surface area contributed by atoms with Gasteiger partial charge < -0.3 is 4.90 Å². The van der Waals surface area contributed by atoms with Crippen molar-refractivity contribution in [2.75, 3.05) is 4.90 Å². The van der Waals surface area contributed by atoms with Crippen molar-refractivity contribution in [2.45, 2.75) is 24.7 Å². The summed E-state index contributed by atoms with van der Waals surface area (Å²) in [6.45, 7) is 4.35. The highest BCUT2D eigenvalue weighted by Gasteiger charge is 2.49. The van der Waals surface area contributed by atoms with Gasteiger partial charge in [0.05, 0.1) is 16.5 Å². The van der Waals surface area contributed by atoms with E-state index in [2.05, 4.69) is 243 Å². The number of anilines is 3. The van der Waals surface area contributed by atoms with E-state index in [0.717, 1.165) is 17.1 Å². The smallest absolute Gasteiger partial charge is 0.0734 e. The lowest BCUT2D eigenvalue weighted by Crippen LogP contribution is -2.31. The Balaban J connectivity index is 1.24. The third kappa shape index (κ3) is 5.11. The molecule has 0 heterocycles. The second-order valence-corrected chi connectivity index (χ2v) is 16.2. The van der Waals surface area contributed by atoms with E-state index in [1.807, 2.05) is 0 Å². The molecule has 9 aromatic rings. The van der Waals surface area contributed by atoms with E-state index in [-0.39, 0.29) is 0 Å². The van der Waals surface area contributed by atoms with Gasteiger partial charge in [-0.25, -0.2) is 0 Å². The summed E-state index contributed by atoms with van der Waals surface area (Å²) in [6.07, 6.45) is 0. The highest BCUT2D eigenvalue weighted by atomic mass is 15.1. The van der Waals surface area contributed by atoms with Gasteiger partial charge in [-0.05, 0) is 105 Å². The molecule has 0 aliphatic heterocycles. The molecule has 280 valence electrons. The molecule has 59 heavy (non-hydrogen) atoms. The Kier molecular flexibility index (Phi) is 8.13. The SMILES string of the molecule is Cc1ccc(C2(c3ccccc3)c3ccccc3-c3ccc(N(c4ccccc4)c4cccc5c4C(c4ccccc4)(c4ccc(C)cc4)c4ccccc4-5)cc32)cc1. The van der Waals surface area contributed by atoms with Crippen LogP contribution in [0.5, 0.6) is 0 Å². The first-order valence-electron chi connectivity index (χ1n) is 20.7. The van der Waals surface area contributed by atoms with Crippen LogP contribution in [0.3, 0.4) is 0 Å². The van der Waals surface area contributed by atoms with Crippen LogP contribution in [0.25, 0.3) is 22.3 Å². The Morgan fingerprint density at radius 3 is 1.36 bits per heavy atom. The van der Waals surface area contributed by atoms with Crippen LogP contribution in [-0.2, 0) is 10.8 Å². The lowest BCUT2D eigenvalue weighted by Gasteiger charge is -2.38. The zero-order valence-corrected chi connectivity index (χ0v) is 33.3. The van der Waals surface area contributed by atoms with Crippen LogP contribution in [0.2, 0.25) is 0 Å². The van der Waals surface area contributed by atoms with Crippen LogP contribution in [-0.4, -0.2) is 0 Å². The van der Waals surface area contributed by atoms with Gasteiger partial charge in [-0.1, -0.05) is 205 Å². The van der Waals surface area contributed by atoms with Crippen LogP contribution in [0.4, 0.5) is 17.1 Å². The first kappa shape index (κ1) is 35.0. The molecule has 2 unspecified atom stereocenters. The molecule has 11 rings (SSSR count). The van der Waals surface area contributed by atoms with E-state index in [1.165, 1.54) is 77.9 Å². The molecule has 1 heteroatoms. The van der Waals surface area contributed by atoms with E-state index in [9.17, 15) is 0 Å². The highest BCUT2D eigenvalue weighted by Crippen LogP contribution is 2.61. The monoisotopic (exact) mass is 753 g/mol. The van der Waals surface area contributed by atoms with Crippen molar-refractivity contribution in [1.82, 2.24) is 0 Å². The molecule has 2 aliphatic carbocycles. The molecular weight excluding hydrogens is 711 g/mol. The third-order valence-electron chi connectivity index (χ3n) is 13.0. The molecule has 0 spiro atoms. The van der Waals surface area contributed by atoms with E-state index in [1.54, 1.807) is 0 Å². The minimum absolute atomic E-state index is 0.524. The van der Waals surface area contributed by atoms with Crippen LogP contribution in [0, 0.1) is 13.8 Å². The lowest BCUT2D eigenvalue weighted by molar-refractivity contribution is 0.765. The molecule has 0 saturated heterocycles. The average molecular weight is 754 g/mol. The zero-order valence-electron chi connectivity index (χ0n) is 33.3. The largest absolute Gasteiger partial charge is 0.310 e.